The third-order valence-electron chi connectivity index (χ3n) is 6.14. The lowest BCUT2D eigenvalue weighted by Crippen LogP contribution is -2.39. The zero-order valence-electron chi connectivity index (χ0n) is 21.8. The second-order valence-electron chi connectivity index (χ2n) is 8.86. The second-order valence-corrected chi connectivity index (χ2v) is 8.86. The van der Waals surface area contributed by atoms with Crippen LogP contribution < -0.4 is 18.9 Å². The molecule has 4 rings (SSSR count). The SMILES string of the molecule is COc1cc(C[C@@H](OC(=O)C=Cc2ccc3c(c2)O[C@@H](C(=O)O)[C@@H](c2ccc(O)c(OC)c2)O3)C(=O)O)ccc1O. The van der Waals surface area contributed by atoms with E-state index in [1.54, 1.807) is 6.07 Å². The van der Waals surface area contributed by atoms with Gasteiger partial charge in [-0.3, -0.25) is 0 Å². The van der Waals surface area contributed by atoms with Crippen LogP contribution in [0.5, 0.6) is 34.5 Å². The van der Waals surface area contributed by atoms with Crippen molar-refractivity contribution in [1.29, 1.82) is 0 Å². The van der Waals surface area contributed by atoms with Gasteiger partial charge in [-0.2, -0.15) is 0 Å². The molecule has 12 heteroatoms. The van der Waals surface area contributed by atoms with Crippen LogP contribution in [0, 0.1) is 0 Å². The number of benzene rings is 3. The van der Waals surface area contributed by atoms with Crippen LogP contribution in [0.15, 0.2) is 60.7 Å². The molecule has 1 aliphatic heterocycles. The zero-order chi connectivity index (χ0) is 29.7. The van der Waals surface area contributed by atoms with Crippen molar-refractivity contribution in [2.24, 2.45) is 0 Å². The van der Waals surface area contributed by atoms with E-state index in [1.807, 2.05) is 0 Å². The number of carboxylic acids is 2. The highest BCUT2D eigenvalue weighted by atomic mass is 16.6. The molecule has 0 amide bonds. The molecule has 41 heavy (non-hydrogen) atoms. The quantitative estimate of drug-likeness (QED) is 0.208. The molecule has 3 atom stereocenters. The smallest absolute Gasteiger partial charge is 0.349 e. The van der Waals surface area contributed by atoms with Gasteiger partial charge in [-0.25, -0.2) is 14.4 Å². The second kappa shape index (κ2) is 12.2. The van der Waals surface area contributed by atoms with Gasteiger partial charge in [0.05, 0.1) is 14.2 Å². The first-order chi connectivity index (χ1) is 19.6. The van der Waals surface area contributed by atoms with Crippen LogP contribution in [0.4, 0.5) is 0 Å². The topological polar surface area (TPSA) is 178 Å². The summed E-state index contributed by atoms with van der Waals surface area (Å²) in [7, 11) is 2.71. The van der Waals surface area contributed by atoms with Gasteiger partial charge in [0.2, 0.25) is 12.2 Å². The number of aromatic hydroxyl groups is 2. The van der Waals surface area contributed by atoms with Crippen molar-refractivity contribution >= 4 is 24.0 Å². The van der Waals surface area contributed by atoms with Crippen molar-refractivity contribution in [2.75, 3.05) is 14.2 Å². The molecule has 0 radical (unpaired) electrons. The summed E-state index contributed by atoms with van der Waals surface area (Å²) in [5.41, 5.74) is 1.30. The lowest BCUT2D eigenvalue weighted by atomic mass is 10.0. The van der Waals surface area contributed by atoms with E-state index in [-0.39, 0.29) is 40.9 Å². The lowest BCUT2D eigenvalue weighted by molar-refractivity contribution is -0.160. The van der Waals surface area contributed by atoms with Gasteiger partial charge in [-0.1, -0.05) is 18.2 Å². The standard InChI is InChI=1S/C29H26O12/c1-37-21-12-16(3-7-18(21)30)13-24(28(33)34)39-25(32)10-5-15-4-9-20-23(11-15)41-27(29(35)36)26(40-20)17-6-8-19(31)22(14-17)38-2/h3-12,14,24,26-27,30-31H,13H2,1-2H3,(H,33,34)(H,35,36)/t24-,26-,27-/m1/s1. The monoisotopic (exact) mass is 566 g/mol. The molecule has 0 spiro atoms. The first-order valence-corrected chi connectivity index (χ1v) is 12.1. The van der Waals surface area contributed by atoms with Crippen molar-refractivity contribution in [3.8, 4) is 34.5 Å². The Morgan fingerprint density at radius 2 is 1.56 bits per heavy atom. The van der Waals surface area contributed by atoms with E-state index in [2.05, 4.69) is 0 Å². The van der Waals surface area contributed by atoms with Crippen molar-refractivity contribution in [2.45, 2.75) is 24.7 Å². The first kappa shape index (κ1) is 28.6. The van der Waals surface area contributed by atoms with Crippen LogP contribution in [-0.4, -0.2) is 64.8 Å². The van der Waals surface area contributed by atoms with Gasteiger partial charge >= 0.3 is 17.9 Å². The van der Waals surface area contributed by atoms with Gasteiger partial charge < -0.3 is 44.1 Å². The van der Waals surface area contributed by atoms with Crippen LogP contribution in [-0.2, 0) is 25.5 Å². The van der Waals surface area contributed by atoms with Crippen molar-refractivity contribution in [3.05, 3.63) is 77.4 Å². The molecular formula is C29H26O12. The van der Waals surface area contributed by atoms with Gasteiger partial charge in [0, 0.05) is 18.1 Å². The van der Waals surface area contributed by atoms with E-state index in [0.717, 1.165) is 6.08 Å². The maximum Gasteiger partial charge on any atom is 0.349 e. The van der Waals surface area contributed by atoms with Crippen LogP contribution >= 0.6 is 0 Å². The number of carbonyl (C=O) groups excluding carboxylic acids is 1. The minimum Gasteiger partial charge on any atom is -0.504 e. The van der Waals surface area contributed by atoms with Crippen LogP contribution in [0.25, 0.3) is 6.08 Å². The normalized spacial score (nSPS) is 16.5. The third-order valence-corrected chi connectivity index (χ3v) is 6.14. The Hall–Kier alpha value is -5.39. The molecule has 3 aromatic rings. The Morgan fingerprint density at radius 3 is 2.22 bits per heavy atom. The van der Waals surface area contributed by atoms with E-state index in [0.29, 0.717) is 16.7 Å². The summed E-state index contributed by atoms with van der Waals surface area (Å²) in [6.07, 6.45) is -1.78. The highest BCUT2D eigenvalue weighted by Gasteiger charge is 2.38. The molecule has 214 valence electrons. The van der Waals surface area contributed by atoms with Gasteiger partial charge in [-0.15, -0.1) is 0 Å². The number of phenolic OH excluding ortho intramolecular Hbond substituents is 2. The number of ether oxygens (including phenoxy) is 5. The number of carboxylic acid groups (broad SMARTS) is 2. The Morgan fingerprint density at radius 1 is 0.878 bits per heavy atom. The lowest BCUT2D eigenvalue weighted by Gasteiger charge is -2.32. The van der Waals surface area contributed by atoms with E-state index < -0.39 is 36.2 Å². The molecule has 1 heterocycles. The number of rotatable bonds is 10. The van der Waals surface area contributed by atoms with Crippen molar-refractivity contribution < 1.29 is 58.5 Å². The first-order valence-electron chi connectivity index (χ1n) is 12.1. The summed E-state index contributed by atoms with van der Waals surface area (Å²) in [6, 6.07) is 13.1. The number of fused-ring (bicyclic) bond motifs is 1. The predicted octanol–water partition coefficient (Wildman–Crippen LogP) is 3.33. The summed E-state index contributed by atoms with van der Waals surface area (Å²) in [6.45, 7) is 0. The number of hydrogen-bond donors (Lipinski definition) is 4. The molecule has 0 aliphatic carbocycles. The third kappa shape index (κ3) is 6.61. The molecular weight excluding hydrogens is 540 g/mol. The Bertz CT molecular complexity index is 1500. The number of methoxy groups -OCH3 is 2. The summed E-state index contributed by atoms with van der Waals surface area (Å²) < 4.78 is 26.9. The maximum absolute atomic E-state index is 12.4. The van der Waals surface area contributed by atoms with Crippen molar-refractivity contribution in [1.82, 2.24) is 0 Å². The van der Waals surface area contributed by atoms with Crippen LogP contribution in [0.3, 0.4) is 0 Å². The summed E-state index contributed by atoms with van der Waals surface area (Å²) in [4.78, 5) is 36.1. The molecule has 12 nitrogen and oxygen atoms in total. The highest BCUT2D eigenvalue weighted by Crippen LogP contribution is 2.42. The predicted molar refractivity (Wildman–Crippen MR) is 141 cm³/mol. The summed E-state index contributed by atoms with van der Waals surface area (Å²) in [5, 5.41) is 38.9. The molecule has 0 saturated heterocycles. The average Bonchev–Trinajstić information content (AvgIpc) is 2.96. The number of aliphatic carboxylic acids is 2. The number of carbonyl (C=O) groups is 3. The maximum atomic E-state index is 12.4. The fraction of sp³-hybridized carbons (Fsp3) is 0.207. The average molecular weight is 567 g/mol. The van der Waals surface area contributed by atoms with Crippen molar-refractivity contribution in [3.63, 3.8) is 0 Å². The summed E-state index contributed by atoms with van der Waals surface area (Å²) in [5.74, 6) is -3.17. The number of hydrogen-bond acceptors (Lipinski definition) is 10. The fourth-order valence-electron chi connectivity index (χ4n) is 4.10. The molecule has 1 aliphatic rings. The van der Waals surface area contributed by atoms with Gasteiger partial charge in [0.25, 0.3) is 0 Å². The van der Waals surface area contributed by atoms with Crippen LogP contribution in [0.1, 0.15) is 22.8 Å². The van der Waals surface area contributed by atoms with E-state index in [4.69, 9.17) is 23.7 Å². The van der Waals surface area contributed by atoms with E-state index in [9.17, 15) is 34.8 Å². The van der Waals surface area contributed by atoms with Crippen LogP contribution in [0.2, 0.25) is 0 Å². The molecule has 4 N–H and O–H groups in total. The molecule has 3 aromatic carbocycles. The molecule has 0 unspecified atom stereocenters. The summed E-state index contributed by atoms with van der Waals surface area (Å²) >= 11 is 0. The van der Waals surface area contributed by atoms with Gasteiger partial charge in [0.1, 0.15) is 0 Å². The van der Waals surface area contributed by atoms with Gasteiger partial charge in [0.15, 0.2) is 40.6 Å². The fourth-order valence-corrected chi connectivity index (χ4v) is 4.10. The minimum atomic E-state index is -1.51. The Balaban J connectivity index is 1.47. The Labute approximate surface area is 233 Å². The minimum absolute atomic E-state index is 0.111. The molecule has 0 bridgehead atoms. The van der Waals surface area contributed by atoms with E-state index in [1.165, 1.54) is 68.8 Å². The molecule has 0 aromatic heterocycles. The largest absolute Gasteiger partial charge is 0.504 e. The Kier molecular flexibility index (Phi) is 8.51. The number of esters is 1. The highest BCUT2D eigenvalue weighted by molar-refractivity contribution is 5.89. The van der Waals surface area contributed by atoms with E-state index >= 15 is 0 Å². The molecule has 0 fully saturated rings. The zero-order valence-corrected chi connectivity index (χ0v) is 21.8. The van der Waals surface area contributed by atoms with Gasteiger partial charge in [-0.05, 0) is 53.6 Å². The number of phenols is 2. The molecule has 0 saturated carbocycles.